The van der Waals surface area contributed by atoms with Crippen LogP contribution in [0.3, 0.4) is 0 Å². The zero-order valence-electron chi connectivity index (χ0n) is 21.2. The highest BCUT2D eigenvalue weighted by atomic mass is 32.1. The van der Waals surface area contributed by atoms with Crippen LogP contribution in [0.5, 0.6) is 5.75 Å². The smallest absolute Gasteiger partial charge is 0.162 e. The number of nitrogens with one attached hydrogen (secondary N) is 1. The molecule has 3 aromatic carbocycles. The fourth-order valence-corrected chi connectivity index (χ4v) is 5.64. The summed E-state index contributed by atoms with van der Waals surface area (Å²) in [5.74, 6) is 1.79. The monoisotopic (exact) mass is 506 g/mol. The third-order valence-corrected chi connectivity index (χ3v) is 7.53. The van der Waals surface area contributed by atoms with Gasteiger partial charge in [0.2, 0.25) is 0 Å². The SMILES string of the molecule is CCc1ccc(-c2c3c4n(c(-c5ccc(OC)cc5)nn4c2C(=S)Nc2ccccc2)CCCC3)cc1. The van der Waals surface area contributed by atoms with Gasteiger partial charge in [-0.2, -0.15) is 0 Å². The number of aromatic nitrogens is 3. The molecule has 5 nitrogen and oxygen atoms in total. The largest absolute Gasteiger partial charge is 0.497 e. The van der Waals surface area contributed by atoms with Gasteiger partial charge in [0.05, 0.1) is 7.11 Å². The molecule has 0 amide bonds. The van der Waals surface area contributed by atoms with Gasteiger partial charge in [0.1, 0.15) is 22.1 Å². The Morgan fingerprint density at radius 2 is 1.68 bits per heavy atom. The van der Waals surface area contributed by atoms with Gasteiger partial charge in [-0.15, -0.1) is 5.10 Å². The maximum Gasteiger partial charge on any atom is 0.162 e. The fourth-order valence-electron chi connectivity index (χ4n) is 5.33. The molecule has 6 heteroatoms. The number of ether oxygens (including phenoxy) is 1. The number of benzene rings is 3. The first-order valence-electron chi connectivity index (χ1n) is 12.9. The molecule has 186 valence electrons. The van der Waals surface area contributed by atoms with Gasteiger partial charge in [-0.3, -0.25) is 0 Å². The van der Waals surface area contributed by atoms with Crippen molar-refractivity contribution in [2.24, 2.45) is 0 Å². The van der Waals surface area contributed by atoms with E-state index in [4.69, 9.17) is 22.1 Å². The van der Waals surface area contributed by atoms with Gasteiger partial charge in [-0.1, -0.05) is 61.6 Å². The standard InChI is InChI=1S/C31H30N4OS/c1-3-21-12-14-22(15-13-21)27-26-11-7-8-20-34-29(23-16-18-25(36-2)19-17-23)33-35(31(26)34)28(27)30(37)32-24-9-5-4-6-10-24/h4-6,9-10,12-19H,3,7-8,11,20H2,1-2H3,(H,32,37). The van der Waals surface area contributed by atoms with Crippen molar-refractivity contribution in [2.75, 3.05) is 12.4 Å². The summed E-state index contributed by atoms with van der Waals surface area (Å²) in [4.78, 5) is 0.675. The van der Waals surface area contributed by atoms with E-state index in [1.165, 1.54) is 22.3 Å². The Morgan fingerprint density at radius 3 is 2.38 bits per heavy atom. The van der Waals surface area contributed by atoms with Crippen molar-refractivity contribution in [3.8, 4) is 28.3 Å². The summed E-state index contributed by atoms with van der Waals surface area (Å²) in [6.45, 7) is 3.11. The molecule has 1 aliphatic rings. The van der Waals surface area contributed by atoms with Crippen LogP contribution in [0.2, 0.25) is 0 Å². The normalized spacial score (nSPS) is 12.9. The third-order valence-electron chi connectivity index (χ3n) is 7.23. The molecule has 0 bridgehead atoms. The van der Waals surface area contributed by atoms with Gasteiger partial charge in [0.15, 0.2) is 5.82 Å². The van der Waals surface area contributed by atoms with Crippen molar-refractivity contribution < 1.29 is 4.74 Å². The molecule has 6 rings (SSSR count). The van der Waals surface area contributed by atoms with Crippen molar-refractivity contribution in [3.05, 3.63) is 95.7 Å². The third kappa shape index (κ3) is 4.21. The average molecular weight is 507 g/mol. The van der Waals surface area contributed by atoms with Crippen LogP contribution < -0.4 is 10.1 Å². The van der Waals surface area contributed by atoms with Crippen LogP contribution in [-0.4, -0.2) is 26.3 Å². The molecule has 0 atom stereocenters. The summed E-state index contributed by atoms with van der Waals surface area (Å²) in [5.41, 5.74) is 9.15. The molecule has 0 unspecified atom stereocenters. The van der Waals surface area contributed by atoms with Crippen LogP contribution in [0.1, 0.15) is 36.6 Å². The minimum absolute atomic E-state index is 0.675. The van der Waals surface area contributed by atoms with Crippen molar-refractivity contribution in [3.63, 3.8) is 0 Å². The Balaban J connectivity index is 1.59. The summed E-state index contributed by atoms with van der Waals surface area (Å²) < 4.78 is 9.85. The molecular formula is C31H30N4OS. The predicted octanol–water partition coefficient (Wildman–Crippen LogP) is 7.16. The molecule has 2 aromatic heterocycles. The second kappa shape index (κ2) is 9.87. The van der Waals surface area contributed by atoms with E-state index in [1.807, 2.05) is 42.5 Å². The molecule has 37 heavy (non-hydrogen) atoms. The number of hydrogen-bond donors (Lipinski definition) is 1. The quantitative estimate of drug-likeness (QED) is 0.248. The molecule has 0 spiro atoms. The Bertz CT molecular complexity index is 1560. The van der Waals surface area contributed by atoms with Gasteiger partial charge < -0.3 is 14.6 Å². The molecule has 5 aromatic rings. The van der Waals surface area contributed by atoms with Gasteiger partial charge >= 0.3 is 0 Å². The highest BCUT2D eigenvalue weighted by molar-refractivity contribution is 7.81. The molecule has 1 N–H and O–H groups in total. The minimum Gasteiger partial charge on any atom is -0.497 e. The predicted molar refractivity (Wildman–Crippen MR) is 155 cm³/mol. The number of aryl methyl sites for hydroxylation is 3. The Hall–Kier alpha value is -3.90. The first kappa shape index (κ1) is 23.5. The number of nitrogens with zero attached hydrogens (tertiary/aromatic N) is 3. The number of para-hydroxylation sites is 1. The second-order valence-electron chi connectivity index (χ2n) is 9.47. The van der Waals surface area contributed by atoms with Crippen LogP contribution in [0.15, 0.2) is 78.9 Å². The number of hydrogen-bond acceptors (Lipinski definition) is 3. The minimum atomic E-state index is 0.675. The van der Waals surface area contributed by atoms with Gasteiger partial charge in [0.25, 0.3) is 0 Å². The van der Waals surface area contributed by atoms with E-state index in [1.54, 1.807) is 7.11 Å². The summed E-state index contributed by atoms with van der Waals surface area (Å²) in [5, 5.41) is 8.69. The molecule has 0 radical (unpaired) electrons. The average Bonchev–Trinajstić information content (AvgIpc) is 3.36. The van der Waals surface area contributed by atoms with Crippen molar-refractivity contribution in [1.82, 2.24) is 14.2 Å². The first-order valence-corrected chi connectivity index (χ1v) is 13.3. The zero-order chi connectivity index (χ0) is 25.4. The van der Waals surface area contributed by atoms with E-state index in [2.05, 4.69) is 57.7 Å². The lowest BCUT2D eigenvalue weighted by Crippen LogP contribution is -2.14. The summed E-state index contributed by atoms with van der Waals surface area (Å²) in [6, 6.07) is 27.2. The molecule has 0 fully saturated rings. The molecule has 1 aliphatic heterocycles. The Morgan fingerprint density at radius 1 is 0.946 bits per heavy atom. The lowest BCUT2D eigenvalue weighted by Gasteiger charge is -2.12. The molecule has 0 saturated carbocycles. The summed E-state index contributed by atoms with van der Waals surface area (Å²) in [7, 11) is 1.69. The van der Waals surface area contributed by atoms with E-state index in [9.17, 15) is 0 Å². The fraction of sp³-hybridized carbons (Fsp3) is 0.226. The maximum atomic E-state index is 6.09. The van der Waals surface area contributed by atoms with Gasteiger partial charge in [-0.05, 0) is 73.2 Å². The highest BCUT2D eigenvalue weighted by Crippen LogP contribution is 2.39. The van der Waals surface area contributed by atoms with Crippen LogP contribution >= 0.6 is 12.2 Å². The zero-order valence-corrected chi connectivity index (χ0v) is 22.0. The number of methoxy groups -OCH3 is 1. The number of anilines is 1. The topological polar surface area (TPSA) is 43.5 Å². The molecular weight excluding hydrogens is 476 g/mol. The van der Waals surface area contributed by atoms with E-state index >= 15 is 0 Å². The van der Waals surface area contributed by atoms with E-state index in [0.29, 0.717) is 4.99 Å². The lowest BCUT2D eigenvalue weighted by atomic mass is 9.96. The van der Waals surface area contributed by atoms with E-state index < -0.39 is 0 Å². The van der Waals surface area contributed by atoms with Crippen LogP contribution in [-0.2, 0) is 19.4 Å². The molecule has 0 saturated heterocycles. The first-order chi connectivity index (χ1) is 18.2. The summed E-state index contributed by atoms with van der Waals surface area (Å²) >= 11 is 6.09. The van der Waals surface area contributed by atoms with Gasteiger partial charge in [0, 0.05) is 28.9 Å². The van der Waals surface area contributed by atoms with Gasteiger partial charge in [-0.25, -0.2) is 4.52 Å². The Kier molecular flexibility index (Phi) is 6.26. The van der Waals surface area contributed by atoms with Crippen LogP contribution in [0.25, 0.3) is 28.2 Å². The van der Waals surface area contributed by atoms with Crippen LogP contribution in [0.4, 0.5) is 5.69 Å². The van der Waals surface area contributed by atoms with E-state index in [0.717, 1.165) is 66.4 Å². The Labute approximate surface area is 222 Å². The molecule has 3 heterocycles. The van der Waals surface area contributed by atoms with Crippen molar-refractivity contribution >= 4 is 28.5 Å². The summed E-state index contributed by atoms with van der Waals surface area (Å²) in [6.07, 6.45) is 4.25. The van der Waals surface area contributed by atoms with Crippen molar-refractivity contribution in [1.29, 1.82) is 0 Å². The second-order valence-corrected chi connectivity index (χ2v) is 9.88. The number of rotatable bonds is 6. The highest BCUT2D eigenvalue weighted by Gasteiger charge is 2.29. The number of thiocarbonyl (C=S) groups is 1. The van der Waals surface area contributed by atoms with E-state index in [-0.39, 0.29) is 0 Å². The lowest BCUT2D eigenvalue weighted by molar-refractivity contribution is 0.415. The van der Waals surface area contributed by atoms with Crippen molar-refractivity contribution in [2.45, 2.75) is 39.2 Å². The molecule has 0 aliphatic carbocycles. The maximum absolute atomic E-state index is 6.09. The van der Waals surface area contributed by atoms with Crippen LogP contribution in [0, 0.1) is 0 Å².